The van der Waals surface area contributed by atoms with Crippen LogP contribution < -0.4 is 9.64 Å². The molecule has 2 heterocycles. The van der Waals surface area contributed by atoms with E-state index in [1.807, 2.05) is 30.3 Å². The molecule has 0 unspecified atom stereocenters. The fourth-order valence-electron chi connectivity index (χ4n) is 3.70. The summed E-state index contributed by atoms with van der Waals surface area (Å²) in [4.78, 5) is 6.93. The molecule has 7 heteroatoms. The predicted octanol–water partition coefficient (Wildman–Crippen LogP) is 3.46. The number of hydrogen-bond donors (Lipinski definition) is 0. The topological polar surface area (TPSA) is 59.0 Å². The molecule has 2 aliphatic heterocycles. The number of fused-ring (bicyclic) bond motifs is 1. The van der Waals surface area contributed by atoms with E-state index in [1.165, 1.54) is 0 Å². The molecule has 0 N–H and O–H groups in total. The van der Waals surface area contributed by atoms with E-state index >= 15 is 0 Å². The molecule has 2 aromatic carbocycles. The molecule has 0 aromatic heterocycles. The van der Waals surface area contributed by atoms with Crippen molar-refractivity contribution in [2.24, 2.45) is 4.99 Å². The smallest absolute Gasteiger partial charge is 0.164 e. The summed E-state index contributed by atoms with van der Waals surface area (Å²) in [7, 11) is -3.04. The van der Waals surface area contributed by atoms with Crippen LogP contribution in [0, 0.1) is 13.8 Å². The Kier molecular flexibility index (Phi) is 5.38. The Morgan fingerprint density at radius 1 is 1.14 bits per heavy atom. The highest BCUT2D eigenvalue weighted by atomic mass is 32.2. The summed E-state index contributed by atoms with van der Waals surface area (Å²) >= 11 is 1.63. The van der Waals surface area contributed by atoms with Crippen LogP contribution in [0.3, 0.4) is 0 Å². The van der Waals surface area contributed by atoms with Gasteiger partial charge in [0.05, 0.1) is 30.2 Å². The summed E-state index contributed by atoms with van der Waals surface area (Å²) in [6.07, 6.45) is 0. The van der Waals surface area contributed by atoms with Crippen molar-refractivity contribution < 1.29 is 13.2 Å². The van der Waals surface area contributed by atoms with Gasteiger partial charge in [-0.3, -0.25) is 4.99 Å². The third-order valence-electron chi connectivity index (χ3n) is 5.06. The number of sulfone groups is 1. The molecule has 2 aromatic rings. The number of aliphatic imine (C=N–C) groups is 1. The second-order valence-corrected chi connectivity index (χ2v) is 10.5. The zero-order chi connectivity index (χ0) is 19.7. The summed E-state index contributed by atoms with van der Waals surface area (Å²) in [6.45, 7) is 4.69. The van der Waals surface area contributed by atoms with Crippen LogP contribution in [0.5, 0.6) is 5.75 Å². The summed E-state index contributed by atoms with van der Waals surface area (Å²) < 4.78 is 30.1. The number of anilines is 1. The molecule has 5 nitrogen and oxygen atoms in total. The van der Waals surface area contributed by atoms with Crippen molar-refractivity contribution in [2.45, 2.75) is 25.9 Å². The monoisotopic (exact) mass is 416 g/mol. The lowest BCUT2D eigenvalue weighted by Crippen LogP contribution is -2.39. The highest BCUT2D eigenvalue weighted by molar-refractivity contribution is 8.14. The number of amidine groups is 1. The van der Waals surface area contributed by atoms with Gasteiger partial charge in [-0.25, -0.2) is 8.42 Å². The van der Waals surface area contributed by atoms with Crippen LogP contribution in [-0.4, -0.2) is 49.5 Å². The predicted molar refractivity (Wildman–Crippen MR) is 116 cm³/mol. The fourth-order valence-corrected chi connectivity index (χ4v) is 6.48. The molecule has 0 bridgehead atoms. The highest BCUT2D eigenvalue weighted by Crippen LogP contribution is 2.36. The highest BCUT2D eigenvalue weighted by Gasteiger charge is 2.47. The van der Waals surface area contributed by atoms with Gasteiger partial charge in [-0.05, 0) is 43.2 Å². The van der Waals surface area contributed by atoms with Gasteiger partial charge in [0.15, 0.2) is 15.0 Å². The van der Waals surface area contributed by atoms with Crippen molar-refractivity contribution in [3.05, 3.63) is 59.7 Å². The zero-order valence-corrected chi connectivity index (χ0v) is 17.7. The molecule has 1 fully saturated rings. The van der Waals surface area contributed by atoms with Crippen LogP contribution >= 0.6 is 11.8 Å². The van der Waals surface area contributed by atoms with Gasteiger partial charge < -0.3 is 9.64 Å². The third kappa shape index (κ3) is 4.05. The molecule has 0 spiro atoms. The molecule has 4 rings (SSSR count). The lowest BCUT2D eigenvalue weighted by Gasteiger charge is -2.28. The molecular formula is C21H24N2O3S2. The Morgan fingerprint density at radius 2 is 1.93 bits per heavy atom. The molecule has 0 saturated carbocycles. The van der Waals surface area contributed by atoms with Crippen molar-refractivity contribution in [3.8, 4) is 5.75 Å². The Balaban J connectivity index is 1.51. The van der Waals surface area contributed by atoms with Crippen LogP contribution in [0.25, 0.3) is 0 Å². The van der Waals surface area contributed by atoms with E-state index in [-0.39, 0.29) is 23.6 Å². The first kappa shape index (κ1) is 19.3. The molecule has 28 heavy (non-hydrogen) atoms. The minimum absolute atomic E-state index is 0.108. The number of ether oxygens (including phenoxy) is 1. The second kappa shape index (κ2) is 7.79. The molecule has 0 radical (unpaired) electrons. The van der Waals surface area contributed by atoms with Crippen molar-refractivity contribution >= 4 is 32.5 Å². The van der Waals surface area contributed by atoms with E-state index < -0.39 is 9.84 Å². The second-order valence-electron chi connectivity index (χ2n) is 7.29. The third-order valence-corrected chi connectivity index (χ3v) is 7.69. The van der Waals surface area contributed by atoms with Crippen molar-refractivity contribution in [1.29, 1.82) is 0 Å². The maximum Gasteiger partial charge on any atom is 0.164 e. The first-order chi connectivity index (χ1) is 13.4. The Hall–Kier alpha value is -1.99. The number of nitrogens with zero attached hydrogens (tertiary/aromatic N) is 2. The van der Waals surface area contributed by atoms with Crippen molar-refractivity contribution in [2.75, 3.05) is 28.8 Å². The van der Waals surface area contributed by atoms with Gasteiger partial charge in [0.1, 0.15) is 5.75 Å². The first-order valence-electron chi connectivity index (χ1n) is 9.38. The standard InChI is InChI=1S/C21H24N2O3S2/c1-15-8-9-16(2)19(12-15)23-20-14-28(24,25)13-18(20)22-21(23)27-11-10-26-17-6-4-3-5-7-17/h3-9,12,18,20H,10-11,13-14H2,1-2H3/t18-,20-/m0/s1. The van der Waals surface area contributed by atoms with E-state index in [2.05, 4.69) is 36.9 Å². The van der Waals surface area contributed by atoms with E-state index in [9.17, 15) is 8.42 Å². The summed E-state index contributed by atoms with van der Waals surface area (Å²) in [5.41, 5.74) is 3.34. The number of para-hydroxylation sites is 1. The lowest BCUT2D eigenvalue weighted by atomic mass is 10.1. The van der Waals surface area contributed by atoms with Crippen LogP contribution in [0.15, 0.2) is 53.5 Å². The molecule has 2 atom stereocenters. The van der Waals surface area contributed by atoms with Gasteiger partial charge in [0, 0.05) is 11.4 Å². The Bertz CT molecular complexity index is 990. The number of aryl methyl sites for hydroxylation is 2. The SMILES string of the molecule is Cc1ccc(C)c(N2C(SCCOc3ccccc3)=N[C@H]3CS(=O)(=O)C[C@@H]32)c1. The molecular weight excluding hydrogens is 392 g/mol. The summed E-state index contributed by atoms with van der Waals surface area (Å²) in [5.74, 6) is 1.91. The molecule has 2 aliphatic rings. The molecule has 148 valence electrons. The molecule has 0 amide bonds. The van der Waals surface area contributed by atoms with Crippen molar-refractivity contribution in [1.82, 2.24) is 0 Å². The maximum atomic E-state index is 12.2. The quantitative estimate of drug-likeness (QED) is 0.699. The van der Waals surface area contributed by atoms with Gasteiger partial charge in [-0.1, -0.05) is 42.1 Å². The Morgan fingerprint density at radius 3 is 2.71 bits per heavy atom. The number of thioether (sulfide) groups is 1. The minimum atomic E-state index is -3.04. The zero-order valence-electron chi connectivity index (χ0n) is 16.0. The van der Waals surface area contributed by atoms with Crippen LogP contribution in [0.4, 0.5) is 5.69 Å². The van der Waals surface area contributed by atoms with Crippen LogP contribution in [0.1, 0.15) is 11.1 Å². The average Bonchev–Trinajstić information content (AvgIpc) is 3.13. The van der Waals surface area contributed by atoms with Gasteiger partial charge in [-0.15, -0.1) is 0 Å². The van der Waals surface area contributed by atoms with Gasteiger partial charge in [-0.2, -0.15) is 0 Å². The minimum Gasteiger partial charge on any atom is -0.493 e. The van der Waals surface area contributed by atoms with E-state index in [4.69, 9.17) is 9.73 Å². The largest absolute Gasteiger partial charge is 0.493 e. The molecule has 0 aliphatic carbocycles. The van der Waals surface area contributed by atoms with E-state index in [0.29, 0.717) is 6.61 Å². The van der Waals surface area contributed by atoms with E-state index in [0.717, 1.165) is 33.5 Å². The van der Waals surface area contributed by atoms with Crippen molar-refractivity contribution in [3.63, 3.8) is 0 Å². The summed E-state index contributed by atoms with van der Waals surface area (Å²) in [5, 5.41) is 0.898. The molecule has 1 saturated heterocycles. The summed E-state index contributed by atoms with van der Waals surface area (Å²) in [6, 6.07) is 15.7. The number of hydrogen-bond acceptors (Lipinski definition) is 6. The van der Waals surface area contributed by atoms with Gasteiger partial charge >= 0.3 is 0 Å². The number of rotatable bonds is 5. The van der Waals surface area contributed by atoms with Gasteiger partial charge in [0.25, 0.3) is 0 Å². The normalized spacial score (nSPS) is 22.8. The fraction of sp³-hybridized carbons (Fsp3) is 0.381. The van der Waals surface area contributed by atoms with Crippen LogP contribution in [0.2, 0.25) is 0 Å². The Labute approximate surface area is 170 Å². The van der Waals surface area contributed by atoms with E-state index in [1.54, 1.807) is 11.8 Å². The number of benzene rings is 2. The van der Waals surface area contributed by atoms with Gasteiger partial charge in [0.2, 0.25) is 0 Å². The average molecular weight is 417 g/mol. The first-order valence-corrected chi connectivity index (χ1v) is 12.2. The van der Waals surface area contributed by atoms with Crippen LogP contribution in [-0.2, 0) is 9.84 Å². The lowest BCUT2D eigenvalue weighted by molar-refractivity contribution is 0.344. The maximum absolute atomic E-state index is 12.2.